The summed E-state index contributed by atoms with van der Waals surface area (Å²) in [6.45, 7) is 0. The molecule has 0 bridgehead atoms. The molecule has 6 nitrogen and oxygen atoms in total. The molecule has 0 atom stereocenters. The Bertz CT molecular complexity index is 653. The van der Waals surface area contributed by atoms with Crippen molar-refractivity contribution < 1.29 is 4.42 Å². The number of fused-ring (bicyclic) bond motifs is 1. The van der Waals surface area contributed by atoms with Gasteiger partial charge in [-0.15, -0.1) is 10.2 Å². The fourth-order valence-corrected chi connectivity index (χ4v) is 1.57. The molecular weight excluding hydrogens is 214 g/mol. The van der Waals surface area contributed by atoms with E-state index in [2.05, 4.69) is 25.6 Å². The van der Waals surface area contributed by atoms with Crippen LogP contribution in [0.15, 0.2) is 22.6 Å². The van der Waals surface area contributed by atoms with E-state index < -0.39 is 0 Å². The highest BCUT2D eigenvalue weighted by molar-refractivity contribution is 7.71. The molecule has 2 N–H and O–H groups in total. The monoisotopic (exact) mass is 219 g/mol. The number of nitrogens with zero attached hydrogens (tertiary/aromatic N) is 3. The van der Waals surface area contributed by atoms with Gasteiger partial charge in [0.2, 0.25) is 5.82 Å². The summed E-state index contributed by atoms with van der Waals surface area (Å²) in [5.74, 6) is 0.539. The van der Waals surface area contributed by atoms with Gasteiger partial charge in [-0.05, 0) is 35.6 Å². The Labute approximate surface area is 88.3 Å². The van der Waals surface area contributed by atoms with Crippen LogP contribution in [-0.2, 0) is 0 Å². The third kappa shape index (κ3) is 1.33. The highest BCUT2D eigenvalue weighted by Crippen LogP contribution is 2.20. The Kier molecular flexibility index (Phi) is 1.65. The van der Waals surface area contributed by atoms with Crippen LogP contribution < -0.4 is 0 Å². The number of tetrazole rings is 1. The van der Waals surface area contributed by atoms with Crippen molar-refractivity contribution in [2.45, 2.75) is 0 Å². The SMILES string of the molecule is S=c1[nH]c2cc(-c3nn[nH]n3)ccc2o1. The van der Waals surface area contributed by atoms with E-state index in [1.165, 1.54) is 0 Å². The van der Waals surface area contributed by atoms with E-state index >= 15 is 0 Å². The molecule has 0 fully saturated rings. The fraction of sp³-hybridized carbons (Fsp3) is 0. The molecule has 2 heterocycles. The van der Waals surface area contributed by atoms with Gasteiger partial charge in [-0.2, -0.15) is 5.21 Å². The second-order valence-corrected chi connectivity index (χ2v) is 3.33. The standard InChI is InChI=1S/C8H5N5OS/c15-8-9-5-3-4(1-2-6(5)14-8)7-10-12-13-11-7/h1-3H,(H,9,15)(H,10,11,12,13). The fourth-order valence-electron chi connectivity index (χ4n) is 1.38. The van der Waals surface area contributed by atoms with E-state index in [0.29, 0.717) is 16.2 Å². The zero-order valence-electron chi connectivity index (χ0n) is 7.39. The molecule has 0 saturated carbocycles. The van der Waals surface area contributed by atoms with Crippen LogP contribution in [-0.4, -0.2) is 25.6 Å². The van der Waals surface area contributed by atoms with Gasteiger partial charge in [-0.3, -0.25) is 0 Å². The minimum atomic E-state index is 0.357. The van der Waals surface area contributed by atoms with Gasteiger partial charge in [0.15, 0.2) is 5.58 Å². The van der Waals surface area contributed by atoms with Crippen molar-refractivity contribution in [2.75, 3.05) is 0 Å². The number of H-pyrrole nitrogens is 2. The van der Waals surface area contributed by atoms with E-state index in [9.17, 15) is 0 Å². The first kappa shape index (κ1) is 8.30. The Morgan fingerprint density at radius 2 is 2.27 bits per heavy atom. The number of rotatable bonds is 1. The van der Waals surface area contributed by atoms with Gasteiger partial charge in [0, 0.05) is 5.56 Å². The van der Waals surface area contributed by atoms with E-state index in [0.717, 1.165) is 11.1 Å². The third-order valence-corrected chi connectivity index (χ3v) is 2.21. The van der Waals surface area contributed by atoms with Gasteiger partial charge in [0.25, 0.3) is 4.84 Å². The normalized spacial score (nSPS) is 10.9. The summed E-state index contributed by atoms with van der Waals surface area (Å²) in [6, 6.07) is 5.52. The summed E-state index contributed by atoms with van der Waals surface area (Å²) < 4.78 is 5.24. The molecule has 7 heteroatoms. The second kappa shape index (κ2) is 2.99. The predicted molar refractivity (Wildman–Crippen MR) is 54.6 cm³/mol. The van der Waals surface area contributed by atoms with Crippen LogP contribution >= 0.6 is 12.2 Å². The number of oxazole rings is 1. The molecule has 0 saturated heterocycles. The zero-order chi connectivity index (χ0) is 10.3. The van der Waals surface area contributed by atoms with Crippen LogP contribution in [0.25, 0.3) is 22.5 Å². The minimum Gasteiger partial charge on any atom is -0.429 e. The molecule has 74 valence electrons. The summed E-state index contributed by atoms with van der Waals surface area (Å²) in [4.78, 5) is 3.28. The van der Waals surface area contributed by atoms with Crippen molar-refractivity contribution in [3.05, 3.63) is 23.0 Å². The van der Waals surface area contributed by atoms with Crippen molar-refractivity contribution in [2.24, 2.45) is 0 Å². The number of nitrogens with one attached hydrogen (secondary N) is 2. The van der Waals surface area contributed by atoms with Gasteiger partial charge in [-0.1, -0.05) is 0 Å². The molecule has 0 unspecified atom stereocenters. The molecule has 0 spiro atoms. The third-order valence-electron chi connectivity index (χ3n) is 2.02. The molecule has 1 aromatic carbocycles. The molecule has 2 aromatic heterocycles. The number of hydrogen-bond acceptors (Lipinski definition) is 5. The molecule has 3 aromatic rings. The average molecular weight is 219 g/mol. The van der Waals surface area contributed by atoms with Gasteiger partial charge in [0.05, 0.1) is 5.52 Å². The zero-order valence-corrected chi connectivity index (χ0v) is 8.21. The van der Waals surface area contributed by atoms with Crippen LogP contribution in [0.5, 0.6) is 0 Å². The molecule has 3 rings (SSSR count). The quantitative estimate of drug-likeness (QED) is 0.608. The Balaban J connectivity index is 2.26. The predicted octanol–water partition coefficient (Wildman–Crippen LogP) is 1.67. The molecule has 0 aliphatic rings. The number of aromatic amines is 2. The first-order valence-electron chi connectivity index (χ1n) is 4.19. The second-order valence-electron chi connectivity index (χ2n) is 2.96. The summed E-state index contributed by atoms with van der Waals surface area (Å²) in [6.07, 6.45) is 0. The van der Waals surface area contributed by atoms with Crippen molar-refractivity contribution in [3.63, 3.8) is 0 Å². The summed E-state index contributed by atoms with van der Waals surface area (Å²) in [5, 5.41) is 13.7. The Hall–Kier alpha value is -2.02. The Morgan fingerprint density at radius 3 is 3.07 bits per heavy atom. The van der Waals surface area contributed by atoms with Gasteiger partial charge < -0.3 is 9.40 Å². The Morgan fingerprint density at radius 1 is 1.33 bits per heavy atom. The van der Waals surface area contributed by atoms with Crippen LogP contribution in [0.3, 0.4) is 0 Å². The summed E-state index contributed by atoms with van der Waals surface area (Å²) >= 11 is 4.88. The molecule has 15 heavy (non-hydrogen) atoms. The lowest BCUT2D eigenvalue weighted by atomic mass is 10.2. The number of benzene rings is 1. The maximum Gasteiger partial charge on any atom is 0.266 e. The van der Waals surface area contributed by atoms with Crippen molar-refractivity contribution in [1.82, 2.24) is 25.6 Å². The molecule has 0 aliphatic heterocycles. The minimum absolute atomic E-state index is 0.357. The average Bonchev–Trinajstić information content (AvgIpc) is 2.82. The molecular formula is C8H5N5OS. The van der Waals surface area contributed by atoms with Crippen LogP contribution in [0.1, 0.15) is 0 Å². The molecule has 0 amide bonds. The highest BCUT2D eigenvalue weighted by atomic mass is 32.1. The summed E-state index contributed by atoms with van der Waals surface area (Å²) in [5.41, 5.74) is 2.39. The van der Waals surface area contributed by atoms with Crippen molar-refractivity contribution in [3.8, 4) is 11.4 Å². The van der Waals surface area contributed by atoms with Gasteiger partial charge >= 0.3 is 0 Å². The van der Waals surface area contributed by atoms with Crippen molar-refractivity contribution in [1.29, 1.82) is 0 Å². The maximum absolute atomic E-state index is 5.24. The van der Waals surface area contributed by atoms with Crippen LogP contribution in [0.4, 0.5) is 0 Å². The van der Waals surface area contributed by atoms with Crippen LogP contribution in [0, 0.1) is 4.84 Å². The van der Waals surface area contributed by atoms with Crippen LogP contribution in [0.2, 0.25) is 0 Å². The van der Waals surface area contributed by atoms with E-state index in [4.69, 9.17) is 16.6 Å². The number of hydrogen-bond donors (Lipinski definition) is 2. The van der Waals surface area contributed by atoms with E-state index in [1.54, 1.807) is 0 Å². The smallest absolute Gasteiger partial charge is 0.266 e. The lowest BCUT2D eigenvalue weighted by molar-refractivity contribution is 0.583. The largest absolute Gasteiger partial charge is 0.429 e. The molecule has 0 radical (unpaired) electrons. The topological polar surface area (TPSA) is 83.4 Å². The van der Waals surface area contributed by atoms with E-state index in [1.807, 2.05) is 18.2 Å². The van der Waals surface area contributed by atoms with Gasteiger partial charge in [0.1, 0.15) is 0 Å². The van der Waals surface area contributed by atoms with Gasteiger partial charge in [-0.25, -0.2) is 0 Å². The maximum atomic E-state index is 5.24. The number of aromatic nitrogens is 5. The summed E-state index contributed by atoms with van der Waals surface area (Å²) in [7, 11) is 0. The van der Waals surface area contributed by atoms with E-state index in [-0.39, 0.29) is 0 Å². The lowest BCUT2D eigenvalue weighted by Crippen LogP contribution is -1.80. The molecule has 0 aliphatic carbocycles. The van der Waals surface area contributed by atoms with Crippen molar-refractivity contribution >= 4 is 23.3 Å². The first-order chi connectivity index (χ1) is 7.33. The lowest BCUT2D eigenvalue weighted by Gasteiger charge is -1.92. The highest BCUT2D eigenvalue weighted by Gasteiger charge is 2.05. The first-order valence-corrected chi connectivity index (χ1v) is 4.60.